The van der Waals surface area contributed by atoms with Crippen LogP contribution in [0.25, 0.3) is 0 Å². The number of carbonyl (C=O) groups is 2. The third-order valence-corrected chi connectivity index (χ3v) is 9.00. The topological polar surface area (TPSA) is 86.8 Å². The maximum atomic E-state index is 14.1. The first-order chi connectivity index (χ1) is 19.1. The molecule has 3 rings (SSSR count). The summed E-state index contributed by atoms with van der Waals surface area (Å²) < 4.78 is 28.8. The monoisotopic (exact) mass is 637 g/mol. The lowest BCUT2D eigenvalue weighted by molar-refractivity contribution is -0.141. The molecule has 0 aromatic heterocycles. The van der Waals surface area contributed by atoms with Gasteiger partial charge < -0.3 is 10.2 Å². The molecule has 0 aliphatic carbocycles. The van der Waals surface area contributed by atoms with Crippen LogP contribution in [0.4, 0.5) is 5.69 Å². The van der Waals surface area contributed by atoms with Gasteiger partial charge in [-0.3, -0.25) is 13.9 Å². The van der Waals surface area contributed by atoms with E-state index in [-0.39, 0.29) is 23.0 Å². The van der Waals surface area contributed by atoms with E-state index < -0.39 is 34.1 Å². The number of nitrogens with one attached hydrogen (secondary N) is 1. The average Bonchev–Trinajstić information content (AvgIpc) is 2.89. The van der Waals surface area contributed by atoms with Gasteiger partial charge in [0.2, 0.25) is 11.8 Å². The van der Waals surface area contributed by atoms with Crippen molar-refractivity contribution in [1.29, 1.82) is 0 Å². The molecule has 0 radical (unpaired) electrons. The highest BCUT2D eigenvalue weighted by Gasteiger charge is 2.34. The lowest BCUT2D eigenvalue weighted by Crippen LogP contribution is -2.55. The minimum absolute atomic E-state index is 0.00479. The molecular weight excluding hydrogens is 605 g/mol. The van der Waals surface area contributed by atoms with E-state index in [1.807, 2.05) is 27.7 Å². The van der Waals surface area contributed by atoms with Crippen LogP contribution >= 0.6 is 34.8 Å². The Morgan fingerprint density at radius 2 is 1.51 bits per heavy atom. The highest BCUT2D eigenvalue weighted by Crippen LogP contribution is 2.28. The van der Waals surface area contributed by atoms with Crippen molar-refractivity contribution < 1.29 is 18.0 Å². The van der Waals surface area contributed by atoms with Crippen LogP contribution in [-0.2, 0) is 26.2 Å². The van der Waals surface area contributed by atoms with Gasteiger partial charge in [0.25, 0.3) is 10.0 Å². The number of amides is 2. The van der Waals surface area contributed by atoms with Gasteiger partial charge in [-0.05, 0) is 88.2 Å². The number of anilines is 1. The minimum Gasteiger partial charge on any atom is -0.350 e. The summed E-state index contributed by atoms with van der Waals surface area (Å²) in [7, 11) is -4.18. The van der Waals surface area contributed by atoms with E-state index in [1.54, 1.807) is 49.4 Å². The molecule has 0 saturated heterocycles. The van der Waals surface area contributed by atoms with Crippen LogP contribution in [0.2, 0.25) is 15.1 Å². The normalized spacial score (nSPS) is 12.5. The Labute approximate surface area is 257 Å². The van der Waals surface area contributed by atoms with E-state index in [9.17, 15) is 18.0 Å². The van der Waals surface area contributed by atoms with Gasteiger partial charge in [-0.25, -0.2) is 8.42 Å². The van der Waals surface area contributed by atoms with Crippen molar-refractivity contribution in [3.8, 4) is 0 Å². The van der Waals surface area contributed by atoms with E-state index in [4.69, 9.17) is 34.8 Å². The zero-order valence-corrected chi connectivity index (χ0v) is 26.7. The van der Waals surface area contributed by atoms with Crippen LogP contribution < -0.4 is 9.62 Å². The third-order valence-electron chi connectivity index (χ3n) is 6.22. The number of rotatable bonds is 10. The summed E-state index contributed by atoms with van der Waals surface area (Å²) in [6.07, 6.45) is 0.292. The molecule has 3 aromatic rings. The third kappa shape index (κ3) is 8.61. The fourth-order valence-electron chi connectivity index (χ4n) is 4.18. The molecule has 0 fully saturated rings. The van der Waals surface area contributed by atoms with Crippen LogP contribution in [0.3, 0.4) is 0 Å². The predicted octanol–water partition coefficient (Wildman–Crippen LogP) is 6.87. The summed E-state index contributed by atoms with van der Waals surface area (Å²) in [6, 6.07) is 16.6. The molecule has 1 N–H and O–H groups in total. The summed E-state index contributed by atoms with van der Waals surface area (Å²) in [4.78, 5) is 28.9. The van der Waals surface area contributed by atoms with Crippen LogP contribution in [0.1, 0.15) is 45.2 Å². The lowest BCUT2D eigenvalue weighted by atomic mass is 10.1. The number of benzene rings is 3. The number of halogens is 3. The van der Waals surface area contributed by atoms with Gasteiger partial charge in [0.1, 0.15) is 12.6 Å². The summed E-state index contributed by atoms with van der Waals surface area (Å²) >= 11 is 18.4. The van der Waals surface area contributed by atoms with E-state index in [0.717, 1.165) is 9.87 Å². The Hall–Kier alpha value is -2.78. The molecule has 0 aliphatic rings. The minimum atomic E-state index is -4.18. The summed E-state index contributed by atoms with van der Waals surface area (Å²) in [5, 5.41) is 4.00. The number of carbonyl (C=O) groups excluding carboxylic acids is 2. The molecule has 0 saturated carbocycles. The number of nitrogens with zero attached hydrogens (tertiary/aromatic N) is 2. The molecule has 0 unspecified atom stereocenters. The second kappa shape index (κ2) is 13.5. The molecule has 0 spiro atoms. The quantitative estimate of drug-likeness (QED) is 0.263. The summed E-state index contributed by atoms with van der Waals surface area (Å²) in [6.45, 7) is 8.63. The van der Waals surface area contributed by atoms with Crippen molar-refractivity contribution >= 4 is 62.3 Å². The molecule has 3 aromatic carbocycles. The Balaban J connectivity index is 2.08. The first kappa shape index (κ1) is 32.7. The number of hydrogen-bond acceptors (Lipinski definition) is 4. The fourth-order valence-corrected chi connectivity index (χ4v) is 6.04. The van der Waals surface area contributed by atoms with Gasteiger partial charge in [-0.1, -0.05) is 65.5 Å². The van der Waals surface area contributed by atoms with Gasteiger partial charge in [0, 0.05) is 17.1 Å². The highest BCUT2D eigenvalue weighted by molar-refractivity contribution is 7.92. The molecule has 41 heavy (non-hydrogen) atoms. The second-order valence-corrected chi connectivity index (χ2v) is 13.8. The van der Waals surface area contributed by atoms with Gasteiger partial charge in [0.05, 0.1) is 20.6 Å². The van der Waals surface area contributed by atoms with Crippen LogP contribution in [0, 0.1) is 6.92 Å². The average molecular weight is 639 g/mol. The molecule has 0 bridgehead atoms. The molecular formula is C30H34Cl3N3O4S. The maximum Gasteiger partial charge on any atom is 0.264 e. The molecule has 0 heterocycles. The van der Waals surface area contributed by atoms with E-state index in [2.05, 4.69) is 5.32 Å². The number of hydrogen-bond donors (Lipinski definition) is 1. The van der Waals surface area contributed by atoms with E-state index in [0.29, 0.717) is 27.1 Å². The molecule has 220 valence electrons. The largest absolute Gasteiger partial charge is 0.350 e. The molecule has 1 atom stereocenters. The SMILES string of the molecule is CC[C@@H](C(=O)NC(C)(C)C)N(Cc1ccc(Cl)c(Cl)c1)C(=O)CN(c1ccc(Cl)cc1)S(=O)(=O)c1ccc(C)cc1. The van der Waals surface area contributed by atoms with Crippen molar-refractivity contribution in [2.45, 2.75) is 64.1 Å². The van der Waals surface area contributed by atoms with Crippen molar-refractivity contribution in [3.05, 3.63) is 92.9 Å². The smallest absolute Gasteiger partial charge is 0.264 e. The van der Waals surface area contributed by atoms with Crippen molar-refractivity contribution in [2.24, 2.45) is 0 Å². The van der Waals surface area contributed by atoms with Crippen LogP contribution in [-0.4, -0.2) is 43.3 Å². The first-order valence-electron chi connectivity index (χ1n) is 13.0. The predicted molar refractivity (Wildman–Crippen MR) is 166 cm³/mol. The maximum absolute atomic E-state index is 14.1. The fraction of sp³-hybridized carbons (Fsp3) is 0.333. The second-order valence-electron chi connectivity index (χ2n) is 10.7. The van der Waals surface area contributed by atoms with Crippen LogP contribution in [0.5, 0.6) is 0 Å². The molecule has 11 heteroatoms. The highest BCUT2D eigenvalue weighted by atomic mass is 35.5. The lowest BCUT2D eigenvalue weighted by Gasteiger charge is -2.34. The van der Waals surface area contributed by atoms with E-state index >= 15 is 0 Å². The Morgan fingerprint density at radius 1 is 0.902 bits per heavy atom. The van der Waals surface area contributed by atoms with Gasteiger partial charge in [0.15, 0.2) is 0 Å². The summed E-state index contributed by atoms with van der Waals surface area (Å²) in [5.74, 6) is -0.925. The zero-order chi connectivity index (χ0) is 30.5. The van der Waals surface area contributed by atoms with Gasteiger partial charge in [-0.2, -0.15) is 0 Å². The van der Waals surface area contributed by atoms with Crippen molar-refractivity contribution in [3.63, 3.8) is 0 Å². The van der Waals surface area contributed by atoms with Crippen molar-refractivity contribution in [1.82, 2.24) is 10.2 Å². The van der Waals surface area contributed by atoms with Crippen LogP contribution in [0.15, 0.2) is 71.6 Å². The standard InChI is InChI=1S/C30H34Cl3N3O4S/c1-6-27(29(38)34-30(3,4)5)35(18-21-9-16-25(32)26(33)17-21)28(37)19-36(23-12-10-22(31)11-13-23)41(39,40)24-14-7-20(2)8-15-24/h7-17,27H,6,18-19H2,1-5H3,(H,34,38)/t27-/m0/s1. The molecule has 0 aliphatic heterocycles. The summed E-state index contributed by atoms with van der Waals surface area (Å²) in [5.41, 5.74) is 1.23. The Bertz CT molecular complexity index is 1490. The Morgan fingerprint density at radius 3 is 2.05 bits per heavy atom. The van der Waals surface area contributed by atoms with Gasteiger partial charge in [-0.15, -0.1) is 0 Å². The number of sulfonamides is 1. The van der Waals surface area contributed by atoms with Gasteiger partial charge >= 0.3 is 0 Å². The molecule has 7 nitrogen and oxygen atoms in total. The first-order valence-corrected chi connectivity index (χ1v) is 15.6. The van der Waals surface area contributed by atoms with Crippen molar-refractivity contribution in [2.75, 3.05) is 10.8 Å². The molecule has 2 amide bonds. The zero-order valence-electron chi connectivity index (χ0n) is 23.6. The number of aryl methyl sites for hydroxylation is 1. The van der Waals surface area contributed by atoms with E-state index in [1.165, 1.54) is 29.2 Å². The Kier molecular flexibility index (Phi) is 10.7.